The highest BCUT2D eigenvalue weighted by atomic mass is 35.5. The van der Waals surface area contributed by atoms with Crippen LogP contribution in [0.1, 0.15) is 35.1 Å². The molecule has 0 aromatic heterocycles. The number of anilines is 2. The third kappa shape index (κ3) is 3.84. The van der Waals surface area contributed by atoms with Crippen LogP contribution in [0.2, 0.25) is 5.02 Å². The first kappa shape index (κ1) is 20.2. The van der Waals surface area contributed by atoms with E-state index < -0.39 is 10.0 Å². The molecule has 1 heterocycles. The van der Waals surface area contributed by atoms with Gasteiger partial charge in [-0.3, -0.25) is 4.72 Å². The van der Waals surface area contributed by atoms with E-state index in [0.29, 0.717) is 11.6 Å². The zero-order valence-electron chi connectivity index (χ0n) is 17.0. The van der Waals surface area contributed by atoms with E-state index in [0.717, 1.165) is 33.8 Å². The van der Waals surface area contributed by atoms with Crippen molar-refractivity contribution in [1.29, 1.82) is 0 Å². The molecule has 1 aliphatic heterocycles. The number of aryl methyl sites for hydroxylation is 1. The quantitative estimate of drug-likeness (QED) is 0.460. The Morgan fingerprint density at radius 2 is 1.87 bits per heavy atom. The number of hydrogen-bond donors (Lipinski definition) is 2. The molecular weight excluding hydrogens is 428 g/mol. The van der Waals surface area contributed by atoms with Crippen molar-refractivity contribution in [2.24, 2.45) is 5.92 Å². The van der Waals surface area contributed by atoms with Crippen molar-refractivity contribution in [2.45, 2.75) is 30.2 Å². The third-order valence-corrected chi connectivity index (χ3v) is 7.74. The van der Waals surface area contributed by atoms with Gasteiger partial charge in [0, 0.05) is 22.3 Å². The normalized spacial score (nSPS) is 21.8. The Balaban J connectivity index is 1.50. The SMILES string of the molecule is Cc1cccc(NS(=O)(=O)c2ccc3c(c2)[C@@H]2C=CC[C@@H]2[C@H](c2cccc(Cl)c2)N3)c1. The van der Waals surface area contributed by atoms with E-state index in [9.17, 15) is 8.42 Å². The average Bonchev–Trinajstić information content (AvgIpc) is 3.23. The van der Waals surface area contributed by atoms with Crippen LogP contribution in [0.25, 0.3) is 0 Å². The van der Waals surface area contributed by atoms with Crippen molar-refractivity contribution in [3.63, 3.8) is 0 Å². The van der Waals surface area contributed by atoms with Gasteiger partial charge in [0.15, 0.2) is 0 Å². The van der Waals surface area contributed by atoms with Gasteiger partial charge in [0.05, 0.1) is 10.9 Å². The minimum absolute atomic E-state index is 0.124. The highest BCUT2D eigenvalue weighted by molar-refractivity contribution is 7.92. The molecule has 0 bridgehead atoms. The molecule has 0 radical (unpaired) electrons. The summed E-state index contributed by atoms with van der Waals surface area (Å²) in [6.45, 7) is 1.94. The van der Waals surface area contributed by atoms with Crippen molar-refractivity contribution in [3.05, 3.63) is 101 Å². The molecule has 5 rings (SSSR count). The van der Waals surface area contributed by atoms with Crippen LogP contribution in [0.3, 0.4) is 0 Å². The summed E-state index contributed by atoms with van der Waals surface area (Å²) in [6, 6.07) is 20.8. The Morgan fingerprint density at radius 1 is 1.03 bits per heavy atom. The molecule has 0 saturated carbocycles. The van der Waals surface area contributed by atoms with Crippen molar-refractivity contribution < 1.29 is 8.42 Å². The minimum atomic E-state index is -3.68. The van der Waals surface area contributed by atoms with Gasteiger partial charge in [-0.1, -0.05) is 48.0 Å². The Hall–Kier alpha value is -2.76. The van der Waals surface area contributed by atoms with Gasteiger partial charge < -0.3 is 5.32 Å². The lowest BCUT2D eigenvalue weighted by Gasteiger charge is -2.37. The van der Waals surface area contributed by atoms with Crippen molar-refractivity contribution in [2.75, 3.05) is 10.0 Å². The van der Waals surface area contributed by atoms with Gasteiger partial charge in [0.25, 0.3) is 10.0 Å². The zero-order chi connectivity index (χ0) is 21.6. The Kier molecular flexibility index (Phi) is 5.03. The predicted molar refractivity (Wildman–Crippen MR) is 126 cm³/mol. The van der Waals surface area contributed by atoms with E-state index >= 15 is 0 Å². The smallest absolute Gasteiger partial charge is 0.261 e. The van der Waals surface area contributed by atoms with Gasteiger partial charge in [-0.05, 0) is 78.4 Å². The third-order valence-electron chi connectivity index (χ3n) is 6.12. The van der Waals surface area contributed by atoms with Crippen molar-refractivity contribution >= 4 is 33.0 Å². The highest BCUT2D eigenvalue weighted by Gasteiger charge is 2.38. The number of allylic oxidation sites excluding steroid dienone is 2. The first-order chi connectivity index (χ1) is 14.9. The first-order valence-electron chi connectivity index (χ1n) is 10.3. The molecule has 4 nitrogen and oxygen atoms in total. The molecule has 158 valence electrons. The van der Waals surface area contributed by atoms with E-state index in [1.165, 1.54) is 0 Å². The van der Waals surface area contributed by atoms with Crippen LogP contribution in [0.5, 0.6) is 0 Å². The second-order valence-corrected chi connectivity index (χ2v) is 10.4. The van der Waals surface area contributed by atoms with Crippen LogP contribution in [0.15, 0.2) is 83.8 Å². The largest absolute Gasteiger partial charge is 0.378 e. The van der Waals surface area contributed by atoms with Gasteiger partial charge in [0.1, 0.15) is 0 Å². The van der Waals surface area contributed by atoms with Crippen LogP contribution in [-0.4, -0.2) is 8.42 Å². The molecule has 0 unspecified atom stereocenters. The number of halogens is 1. The van der Waals surface area contributed by atoms with Gasteiger partial charge in [-0.2, -0.15) is 0 Å². The molecule has 2 aliphatic rings. The van der Waals surface area contributed by atoms with Crippen molar-refractivity contribution in [1.82, 2.24) is 0 Å². The predicted octanol–water partition coefficient (Wildman–Crippen LogP) is 6.28. The van der Waals surface area contributed by atoms with Gasteiger partial charge in [-0.25, -0.2) is 8.42 Å². The Labute approximate surface area is 188 Å². The Morgan fingerprint density at radius 3 is 2.68 bits per heavy atom. The summed E-state index contributed by atoms with van der Waals surface area (Å²) in [6.07, 6.45) is 5.33. The summed E-state index contributed by atoms with van der Waals surface area (Å²) in [7, 11) is -3.68. The fraction of sp³-hybridized carbons (Fsp3) is 0.200. The summed E-state index contributed by atoms with van der Waals surface area (Å²) in [4.78, 5) is 0.273. The van der Waals surface area contributed by atoms with E-state index in [4.69, 9.17) is 11.6 Å². The minimum Gasteiger partial charge on any atom is -0.378 e. The zero-order valence-corrected chi connectivity index (χ0v) is 18.6. The molecule has 3 aromatic carbocycles. The van der Waals surface area contributed by atoms with Gasteiger partial charge in [-0.15, -0.1) is 0 Å². The number of fused-ring (bicyclic) bond motifs is 3. The van der Waals surface area contributed by atoms with E-state index in [2.05, 4.69) is 28.3 Å². The monoisotopic (exact) mass is 450 g/mol. The topological polar surface area (TPSA) is 58.2 Å². The summed E-state index contributed by atoms with van der Waals surface area (Å²) < 4.78 is 28.8. The second kappa shape index (κ2) is 7.74. The fourth-order valence-corrected chi connectivity index (χ4v) is 5.98. The maximum absolute atomic E-state index is 13.0. The molecule has 0 spiro atoms. The molecule has 31 heavy (non-hydrogen) atoms. The van der Waals surface area contributed by atoms with Crippen LogP contribution in [0.4, 0.5) is 11.4 Å². The lowest BCUT2D eigenvalue weighted by atomic mass is 9.77. The number of benzene rings is 3. The van der Waals surface area contributed by atoms with Gasteiger partial charge >= 0.3 is 0 Å². The molecule has 3 atom stereocenters. The lowest BCUT2D eigenvalue weighted by Crippen LogP contribution is -2.29. The van der Waals surface area contributed by atoms with Gasteiger partial charge in [0.2, 0.25) is 0 Å². The maximum Gasteiger partial charge on any atom is 0.261 e. The van der Waals surface area contributed by atoms with Crippen LogP contribution in [-0.2, 0) is 10.0 Å². The van der Waals surface area contributed by atoms with Crippen LogP contribution < -0.4 is 10.0 Å². The molecule has 3 aromatic rings. The van der Waals surface area contributed by atoms with Crippen LogP contribution in [0, 0.1) is 12.8 Å². The number of nitrogens with one attached hydrogen (secondary N) is 2. The lowest BCUT2D eigenvalue weighted by molar-refractivity contribution is 0.425. The van der Waals surface area contributed by atoms with E-state index in [-0.39, 0.29) is 16.9 Å². The summed E-state index contributed by atoms with van der Waals surface area (Å²) in [5.41, 5.74) is 4.70. The maximum atomic E-state index is 13.0. The number of sulfonamides is 1. The average molecular weight is 451 g/mol. The number of hydrogen-bond acceptors (Lipinski definition) is 3. The molecule has 0 saturated heterocycles. The molecule has 6 heteroatoms. The fourth-order valence-electron chi connectivity index (χ4n) is 4.69. The summed E-state index contributed by atoms with van der Waals surface area (Å²) in [5, 5.41) is 4.35. The summed E-state index contributed by atoms with van der Waals surface area (Å²) >= 11 is 6.24. The molecule has 2 N–H and O–H groups in total. The molecule has 1 aliphatic carbocycles. The molecular formula is C25H23ClN2O2S. The molecule has 0 amide bonds. The standard InChI is InChI=1S/C25H23ClN2O2S/c1-16-5-2-8-19(13-16)28-31(29,30)20-11-12-24-23(15-20)21-9-4-10-22(21)25(27-24)17-6-3-7-18(26)14-17/h2-9,11-15,21-22,25,27-28H,10H2,1H3/t21-,22+,25+/m1/s1. The van der Waals surface area contributed by atoms with Crippen LogP contribution >= 0.6 is 11.6 Å². The van der Waals surface area contributed by atoms with E-state index in [1.807, 2.05) is 55.5 Å². The number of rotatable bonds is 4. The Bertz CT molecular complexity index is 1290. The van der Waals surface area contributed by atoms with Crippen molar-refractivity contribution in [3.8, 4) is 0 Å². The van der Waals surface area contributed by atoms with E-state index in [1.54, 1.807) is 12.1 Å². The second-order valence-electron chi connectivity index (χ2n) is 8.25. The highest BCUT2D eigenvalue weighted by Crippen LogP contribution is 2.50. The molecule has 0 fully saturated rings. The first-order valence-corrected chi connectivity index (χ1v) is 12.2. The summed E-state index contributed by atoms with van der Waals surface area (Å²) in [5.74, 6) is 0.475.